The smallest absolute Gasteiger partial charge is 0.411 e. The predicted molar refractivity (Wildman–Crippen MR) is 71.5 cm³/mol. The number of hydrogen-bond acceptors (Lipinski definition) is 4. The molecule has 0 aliphatic heterocycles. The van der Waals surface area contributed by atoms with Gasteiger partial charge in [0.1, 0.15) is 11.6 Å². The Balaban J connectivity index is 5.48. The fraction of sp³-hybridized carbons (Fsp3) is 0.769. The van der Waals surface area contributed by atoms with Gasteiger partial charge in [-0.15, -0.1) is 0 Å². The number of carbonyl (C=O) groups excluding carboxylic acids is 1. The lowest BCUT2D eigenvalue weighted by Gasteiger charge is -2.39. The minimum absolute atomic E-state index is 0.689. The fourth-order valence-electron chi connectivity index (χ4n) is 1.63. The number of carbonyl (C=O) groups is 3. The Morgan fingerprint density at radius 1 is 1.05 bits per heavy atom. The molecule has 1 atom stereocenters. The molecule has 0 aromatic rings. The molecule has 0 saturated heterocycles. The molecule has 0 rings (SSSR count). The molecule has 0 bridgehead atoms. The number of rotatable bonds is 4. The van der Waals surface area contributed by atoms with E-state index in [1.54, 1.807) is 41.5 Å². The summed E-state index contributed by atoms with van der Waals surface area (Å²) in [7, 11) is 0. The molecular formula is C13H23NO6. The van der Waals surface area contributed by atoms with Crippen molar-refractivity contribution in [1.82, 2.24) is 4.90 Å². The summed E-state index contributed by atoms with van der Waals surface area (Å²) in [6.45, 7) is 9.81. The van der Waals surface area contributed by atoms with Crippen LogP contribution in [0.3, 0.4) is 0 Å². The molecule has 20 heavy (non-hydrogen) atoms. The van der Waals surface area contributed by atoms with Crippen molar-refractivity contribution in [2.45, 2.75) is 65.1 Å². The van der Waals surface area contributed by atoms with Crippen molar-refractivity contribution in [3.8, 4) is 0 Å². The Morgan fingerprint density at radius 2 is 1.50 bits per heavy atom. The first-order valence-corrected chi connectivity index (χ1v) is 6.22. The van der Waals surface area contributed by atoms with E-state index in [0.29, 0.717) is 0 Å². The van der Waals surface area contributed by atoms with Gasteiger partial charge in [0.05, 0.1) is 6.42 Å². The molecule has 0 heterocycles. The Kier molecular flexibility index (Phi) is 5.56. The zero-order chi connectivity index (χ0) is 16.3. The maximum atomic E-state index is 12.2. The number of hydrogen-bond donors (Lipinski definition) is 2. The molecule has 7 nitrogen and oxygen atoms in total. The second kappa shape index (κ2) is 6.11. The third kappa shape index (κ3) is 5.90. The second-order valence-corrected chi connectivity index (χ2v) is 6.47. The van der Waals surface area contributed by atoms with Crippen molar-refractivity contribution in [2.75, 3.05) is 0 Å². The number of nitrogens with zero attached hydrogens (tertiary/aromatic N) is 1. The highest BCUT2D eigenvalue weighted by Crippen LogP contribution is 2.23. The summed E-state index contributed by atoms with van der Waals surface area (Å²) in [6.07, 6.45) is -1.54. The van der Waals surface area contributed by atoms with Crippen molar-refractivity contribution in [3.05, 3.63) is 0 Å². The second-order valence-electron chi connectivity index (χ2n) is 6.47. The van der Waals surface area contributed by atoms with Gasteiger partial charge in [-0.3, -0.25) is 9.69 Å². The van der Waals surface area contributed by atoms with Crippen LogP contribution in [0, 0.1) is 0 Å². The minimum Gasteiger partial charge on any atom is -0.481 e. The van der Waals surface area contributed by atoms with Crippen LogP contribution in [0.15, 0.2) is 0 Å². The summed E-state index contributed by atoms with van der Waals surface area (Å²) in [4.78, 5) is 35.2. The first-order chi connectivity index (χ1) is 8.75. The lowest BCUT2D eigenvalue weighted by molar-refractivity contribution is -0.151. The lowest BCUT2D eigenvalue weighted by atomic mass is 10.0. The van der Waals surface area contributed by atoms with Crippen LogP contribution in [0.1, 0.15) is 48.0 Å². The minimum atomic E-state index is -1.48. The monoisotopic (exact) mass is 289 g/mol. The molecule has 2 N–H and O–H groups in total. The van der Waals surface area contributed by atoms with E-state index in [-0.39, 0.29) is 0 Å². The quantitative estimate of drug-likeness (QED) is 0.819. The molecule has 0 aromatic carbocycles. The molecule has 0 aliphatic carbocycles. The zero-order valence-electron chi connectivity index (χ0n) is 12.8. The van der Waals surface area contributed by atoms with Gasteiger partial charge in [-0.2, -0.15) is 0 Å². The highest BCUT2D eigenvalue weighted by atomic mass is 16.6. The van der Waals surface area contributed by atoms with Crippen LogP contribution >= 0.6 is 0 Å². The van der Waals surface area contributed by atoms with E-state index >= 15 is 0 Å². The summed E-state index contributed by atoms with van der Waals surface area (Å²) < 4.78 is 5.17. The molecule has 0 aliphatic rings. The molecule has 0 spiro atoms. The average molecular weight is 289 g/mol. The van der Waals surface area contributed by atoms with Crippen molar-refractivity contribution in [3.63, 3.8) is 0 Å². The summed E-state index contributed by atoms with van der Waals surface area (Å²) >= 11 is 0. The number of ether oxygens (including phenoxy) is 1. The van der Waals surface area contributed by atoms with E-state index in [1.165, 1.54) is 0 Å². The molecule has 1 amide bonds. The van der Waals surface area contributed by atoms with Crippen molar-refractivity contribution in [1.29, 1.82) is 0 Å². The molecule has 1 unspecified atom stereocenters. The van der Waals surface area contributed by atoms with Crippen LogP contribution in [0.25, 0.3) is 0 Å². The molecule has 116 valence electrons. The van der Waals surface area contributed by atoms with E-state index in [0.717, 1.165) is 4.90 Å². The largest absolute Gasteiger partial charge is 0.481 e. The predicted octanol–water partition coefficient (Wildman–Crippen LogP) is 1.95. The summed E-state index contributed by atoms with van der Waals surface area (Å²) in [5.41, 5.74) is -1.69. The maximum Gasteiger partial charge on any atom is 0.411 e. The van der Waals surface area contributed by atoms with Crippen LogP contribution in [0.5, 0.6) is 0 Å². The molecule has 0 radical (unpaired) electrons. The number of amides is 1. The van der Waals surface area contributed by atoms with Gasteiger partial charge in [-0.05, 0) is 41.5 Å². The first-order valence-electron chi connectivity index (χ1n) is 6.22. The Hall–Kier alpha value is -1.79. The molecule has 0 saturated carbocycles. The maximum absolute atomic E-state index is 12.2. The average Bonchev–Trinajstić information content (AvgIpc) is 2.09. The van der Waals surface area contributed by atoms with Gasteiger partial charge >= 0.3 is 18.0 Å². The Bertz CT molecular complexity index is 391. The van der Waals surface area contributed by atoms with Gasteiger partial charge in [-0.1, -0.05) is 0 Å². The highest BCUT2D eigenvalue weighted by Gasteiger charge is 2.40. The number of carboxylic acid groups (broad SMARTS) is 2. The third-order valence-electron chi connectivity index (χ3n) is 2.28. The topological polar surface area (TPSA) is 104 Å². The van der Waals surface area contributed by atoms with Crippen LogP contribution in [-0.4, -0.2) is 50.3 Å². The van der Waals surface area contributed by atoms with Gasteiger partial charge in [0, 0.05) is 5.54 Å². The van der Waals surface area contributed by atoms with Gasteiger partial charge in [0.15, 0.2) is 0 Å². The highest BCUT2D eigenvalue weighted by molar-refractivity contribution is 5.85. The fourth-order valence-corrected chi connectivity index (χ4v) is 1.63. The van der Waals surface area contributed by atoms with Gasteiger partial charge in [0.2, 0.25) is 0 Å². The van der Waals surface area contributed by atoms with Crippen LogP contribution in [0.2, 0.25) is 0 Å². The van der Waals surface area contributed by atoms with Crippen molar-refractivity contribution < 1.29 is 29.3 Å². The molecule has 0 aromatic heterocycles. The Labute approximate surface area is 118 Å². The van der Waals surface area contributed by atoms with Gasteiger partial charge in [-0.25, -0.2) is 9.59 Å². The lowest BCUT2D eigenvalue weighted by Crippen LogP contribution is -2.56. The first kappa shape index (κ1) is 18.2. The summed E-state index contributed by atoms with van der Waals surface area (Å²) in [5.74, 6) is -2.68. The molecule has 7 heteroatoms. The van der Waals surface area contributed by atoms with Crippen molar-refractivity contribution >= 4 is 18.0 Å². The van der Waals surface area contributed by atoms with E-state index < -0.39 is 41.6 Å². The van der Waals surface area contributed by atoms with Crippen LogP contribution in [0.4, 0.5) is 4.79 Å². The summed E-state index contributed by atoms with van der Waals surface area (Å²) in [5, 5.41) is 18.0. The third-order valence-corrected chi connectivity index (χ3v) is 2.28. The zero-order valence-corrected chi connectivity index (χ0v) is 12.8. The standard InChI is InChI=1S/C13H23NO6/c1-12(2,3)14(11(19)20-13(4,5)6)8(10(17)18)7-9(15)16/h8H,7H2,1-6H3,(H,15,16)(H,17,18). The number of carboxylic acids is 2. The van der Waals surface area contributed by atoms with Crippen LogP contribution in [-0.2, 0) is 14.3 Å². The van der Waals surface area contributed by atoms with E-state index in [2.05, 4.69) is 0 Å². The van der Waals surface area contributed by atoms with E-state index in [1.807, 2.05) is 0 Å². The Morgan fingerprint density at radius 3 is 1.75 bits per heavy atom. The molecule has 0 fully saturated rings. The number of aliphatic carboxylic acids is 2. The van der Waals surface area contributed by atoms with E-state index in [9.17, 15) is 19.5 Å². The molecular weight excluding hydrogens is 266 g/mol. The van der Waals surface area contributed by atoms with E-state index in [4.69, 9.17) is 9.84 Å². The SMILES string of the molecule is CC(C)(C)OC(=O)N(C(CC(=O)O)C(=O)O)C(C)(C)C. The van der Waals surface area contributed by atoms with Crippen LogP contribution < -0.4 is 0 Å². The van der Waals surface area contributed by atoms with Gasteiger partial charge in [0.25, 0.3) is 0 Å². The van der Waals surface area contributed by atoms with Crippen molar-refractivity contribution in [2.24, 2.45) is 0 Å². The van der Waals surface area contributed by atoms with Gasteiger partial charge < -0.3 is 14.9 Å². The summed E-state index contributed by atoms with van der Waals surface area (Å²) in [6, 6.07) is -1.48. The normalized spacial score (nSPS) is 13.5.